The van der Waals surface area contributed by atoms with Crippen LogP contribution in [0.3, 0.4) is 0 Å². The van der Waals surface area contributed by atoms with Crippen molar-refractivity contribution in [3.63, 3.8) is 0 Å². The van der Waals surface area contributed by atoms with Crippen LogP contribution in [0.4, 0.5) is 0 Å². The van der Waals surface area contributed by atoms with Gasteiger partial charge in [0.1, 0.15) is 19.8 Å². The normalized spacial score (nSPS) is 13.7. The smallest absolute Gasteiger partial charge is 0.306 e. The average molecular weight is 706 g/mol. The molecule has 0 radical (unpaired) electrons. The summed E-state index contributed by atoms with van der Waals surface area (Å²) in [6, 6.07) is 0. The second-order valence-corrected chi connectivity index (χ2v) is 16.1. The van der Waals surface area contributed by atoms with Crippen molar-refractivity contribution in [2.45, 2.75) is 187 Å². The molecule has 0 heterocycles. The van der Waals surface area contributed by atoms with Gasteiger partial charge in [-0.25, -0.2) is 0 Å². The van der Waals surface area contributed by atoms with Crippen LogP contribution in [0.1, 0.15) is 181 Å². The van der Waals surface area contributed by atoms with Crippen molar-refractivity contribution in [1.29, 1.82) is 0 Å². The van der Waals surface area contributed by atoms with Gasteiger partial charge in [0.25, 0.3) is 7.82 Å². The minimum Gasteiger partial charge on any atom is -0.756 e. The largest absolute Gasteiger partial charge is 0.756 e. The molecule has 0 aromatic heterocycles. The lowest BCUT2D eigenvalue weighted by atomic mass is 10.0. The van der Waals surface area contributed by atoms with E-state index in [1.807, 2.05) is 21.1 Å². The van der Waals surface area contributed by atoms with E-state index in [1.54, 1.807) is 0 Å². The lowest BCUT2D eigenvalue weighted by molar-refractivity contribution is -0.870. The first-order valence-corrected chi connectivity index (χ1v) is 21.2. The lowest BCUT2D eigenvalue weighted by Gasteiger charge is -2.28. The maximum atomic E-state index is 12.6. The molecule has 0 saturated heterocycles. The molecule has 2 unspecified atom stereocenters. The monoisotopic (exact) mass is 706 g/mol. The molecule has 2 atom stereocenters. The Labute approximate surface area is 295 Å². The van der Waals surface area contributed by atoms with Crippen LogP contribution in [0.15, 0.2) is 0 Å². The van der Waals surface area contributed by atoms with Crippen molar-refractivity contribution < 1.29 is 42.1 Å². The second-order valence-electron chi connectivity index (χ2n) is 14.7. The third kappa shape index (κ3) is 34.9. The predicted molar refractivity (Wildman–Crippen MR) is 195 cm³/mol. The van der Waals surface area contributed by atoms with Crippen LogP contribution < -0.4 is 4.89 Å². The summed E-state index contributed by atoms with van der Waals surface area (Å²) in [5.41, 5.74) is 0. The summed E-state index contributed by atoms with van der Waals surface area (Å²) in [7, 11) is 1.17. The van der Waals surface area contributed by atoms with E-state index in [1.165, 1.54) is 103 Å². The van der Waals surface area contributed by atoms with E-state index in [2.05, 4.69) is 13.8 Å². The minimum absolute atomic E-state index is 0.0266. The van der Waals surface area contributed by atoms with E-state index in [4.69, 9.17) is 18.5 Å². The molecule has 0 N–H and O–H groups in total. The fourth-order valence-corrected chi connectivity index (χ4v) is 6.21. The zero-order valence-corrected chi connectivity index (χ0v) is 32.8. The molecule has 0 bridgehead atoms. The Morgan fingerprint density at radius 2 is 0.938 bits per heavy atom. The van der Waals surface area contributed by atoms with E-state index < -0.39 is 32.5 Å². The molecule has 0 amide bonds. The average Bonchev–Trinajstić information content (AvgIpc) is 3.02. The van der Waals surface area contributed by atoms with E-state index >= 15 is 0 Å². The number of hydrogen-bond acceptors (Lipinski definition) is 8. The number of phosphoric ester groups is 1. The Balaban J connectivity index is 4.17. The number of unbranched alkanes of at least 4 members (excludes halogenated alkanes) is 22. The first-order chi connectivity index (χ1) is 23.0. The highest BCUT2D eigenvalue weighted by Crippen LogP contribution is 2.38. The fraction of sp³-hybridized carbons (Fsp3) is 0.947. The highest BCUT2D eigenvalue weighted by molar-refractivity contribution is 7.45. The van der Waals surface area contributed by atoms with Crippen molar-refractivity contribution in [2.24, 2.45) is 0 Å². The summed E-state index contributed by atoms with van der Waals surface area (Å²) in [5, 5.41) is 0. The third-order valence-corrected chi connectivity index (χ3v) is 9.59. The number of hydrogen-bond donors (Lipinski definition) is 0. The first-order valence-electron chi connectivity index (χ1n) is 19.7. The lowest BCUT2D eigenvalue weighted by Crippen LogP contribution is -2.37. The molecular formula is C38H76NO8P. The van der Waals surface area contributed by atoms with Gasteiger partial charge in [-0.05, 0) is 12.8 Å². The van der Waals surface area contributed by atoms with Gasteiger partial charge in [-0.1, -0.05) is 155 Å². The van der Waals surface area contributed by atoms with Crippen LogP contribution in [-0.2, 0) is 32.7 Å². The predicted octanol–water partition coefficient (Wildman–Crippen LogP) is 9.83. The molecule has 0 rings (SSSR count). The topological polar surface area (TPSA) is 111 Å². The van der Waals surface area contributed by atoms with Gasteiger partial charge in [-0.3, -0.25) is 14.2 Å². The maximum absolute atomic E-state index is 12.6. The van der Waals surface area contributed by atoms with Gasteiger partial charge in [-0.2, -0.15) is 0 Å². The Kier molecular flexibility index (Phi) is 31.3. The molecule has 0 aliphatic heterocycles. The van der Waals surface area contributed by atoms with Crippen LogP contribution in [0.2, 0.25) is 0 Å². The van der Waals surface area contributed by atoms with Crippen LogP contribution in [0.5, 0.6) is 0 Å². The number of nitrogens with zero attached hydrogens (tertiary/aromatic N) is 1. The fourth-order valence-electron chi connectivity index (χ4n) is 5.48. The summed E-state index contributed by atoms with van der Waals surface area (Å²) in [6.45, 7) is 4.14. The van der Waals surface area contributed by atoms with Gasteiger partial charge in [0, 0.05) is 12.8 Å². The SMILES string of the molecule is CCCCCCCCCCCCCCCCCCCCCC(=O)OC(COC(=O)CCCCCCC)COP(=O)([O-])OCC[N+](C)(C)C. The number of carbonyl (C=O) groups is 2. The summed E-state index contributed by atoms with van der Waals surface area (Å²) in [6.07, 6.45) is 28.9. The Morgan fingerprint density at radius 3 is 1.33 bits per heavy atom. The molecule has 9 nitrogen and oxygen atoms in total. The van der Waals surface area contributed by atoms with Crippen molar-refractivity contribution in [2.75, 3.05) is 47.5 Å². The number of likely N-dealkylation sites (N-methyl/N-ethyl adjacent to an activating group) is 1. The van der Waals surface area contributed by atoms with Gasteiger partial charge in [0.2, 0.25) is 0 Å². The first kappa shape index (κ1) is 47.0. The summed E-state index contributed by atoms with van der Waals surface area (Å²) >= 11 is 0. The molecule has 48 heavy (non-hydrogen) atoms. The maximum Gasteiger partial charge on any atom is 0.306 e. The van der Waals surface area contributed by atoms with E-state index in [0.29, 0.717) is 17.4 Å². The second kappa shape index (κ2) is 32.0. The Hall–Kier alpha value is -0.990. The van der Waals surface area contributed by atoms with E-state index in [-0.39, 0.29) is 26.1 Å². The molecule has 0 aromatic carbocycles. The molecule has 0 saturated carbocycles. The number of ether oxygens (including phenoxy) is 2. The van der Waals surface area contributed by atoms with Crippen LogP contribution in [0, 0.1) is 0 Å². The Morgan fingerprint density at radius 1 is 0.562 bits per heavy atom. The van der Waals surface area contributed by atoms with Crippen molar-refractivity contribution >= 4 is 19.8 Å². The molecule has 286 valence electrons. The molecule has 0 aliphatic rings. The summed E-state index contributed by atoms with van der Waals surface area (Å²) < 4.78 is 33.6. The van der Waals surface area contributed by atoms with Gasteiger partial charge < -0.3 is 27.9 Å². The minimum atomic E-state index is -4.60. The van der Waals surface area contributed by atoms with Crippen molar-refractivity contribution in [1.82, 2.24) is 0 Å². The van der Waals surface area contributed by atoms with Crippen molar-refractivity contribution in [3.8, 4) is 0 Å². The molecule has 10 heteroatoms. The highest BCUT2D eigenvalue weighted by Gasteiger charge is 2.21. The zero-order chi connectivity index (χ0) is 35.8. The van der Waals surface area contributed by atoms with Crippen LogP contribution in [0.25, 0.3) is 0 Å². The highest BCUT2D eigenvalue weighted by atomic mass is 31.2. The van der Waals surface area contributed by atoms with Crippen LogP contribution >= 0.6 is 7.82 Å². The number of phosphoric acid groups is 1. The van der Waals surface area contributed by atoms with Crippen LogP contribution in [-0.4, -0.2) is 70.0 Å². The molecule has 0 aromatic rings. The van der Waals surface area contributed by atoms with Crippen molar-refractivity contribution in [3.05, 3.63) is 0 Å². The number of esters is 2. The quantitative estimate of drug-likeness (QED) is 0.0274. The Bertz CT molecular complexity index is 804. The number of carbonyl (C=O) groups excluding carboxylic acids is 2. The van der Waals surface area contributed by atoms with Gasteiger partial charge >= 0.3 is 11.9 Å². The molecule has 0 spiro atoms. The van der Waals surface area contributed by atoms with Gasteiger partial charge in [0.05, 0.1) is 27.7 Å². The zero-order valence-electron chi connectivity index (χ0n) is 32.0. The number of quaternary nitrogens is 1. The standard InChI is InChI=1S/C38H76NO8P/c1-6-8-10-12-13-14-15-16-17-18-19-20-21-22-23-24-25-27-29-31-38(41)47-36(34-44-37(40)30-28-26-11-9-7-2)35-46-48(42,43)45-33-32-39(3,4)5/h36H,6-35H2,1-5H3. The molecule has 0 fully saturated rings. The molecule has 0 aliphatic carbocycles. The third-order valence-electron chi connectivity index (χ3n) is 8.63. The van der Waals surface area contributed by atoms with Gasteiger partial charge in [0.15, 0.2) is 6.10 Å². The number of rotatable bonds is 36. The summed E-state index contributed by atoms with van der Waals surface area (Å²) in [4.78, 5) is 37.0. The van der Waals surface area contributed by atoms with E-state index in [9.17, 15) is 19.0 Å². The van der Waals surface area contributed by atoms with Gasteiger partial charge in [-0.15, -0.1) is 0 Å². The summed E-state index contributed by atoms with van der Waals surface area (Å²) in [5.74, 6) is -0.839. The van der Waals surface area contributed by atoms with E-state index in [0.717, 1.165) is 44.9 Å². The molecular weight excluding hydrogens is 629 g/mol.